The van der Waals surface area contributed by atoms with Crippen LogP contribution in [0.1, 0.15) is 31.4 Å². The summed E-state index contributed by atoms with van der Waals surface area (Å²) in [6.07, 6.45) is 1.45. The molecule has 1 saturated heterocycles. The molecule has 20 heavy (non-hydrogen) atoms. The van der Waals surface area contributed by atoms with Gasteiger partial charge in [-0.3, -0.25) is 4.79 Å². The van der Waals surface area contributed by atoms with Crippen LogP contribution in [0.2, 0.25) is 0 Å². The van der Waals surface area contributed by atoms with Gasteiger partial charge in [-0.2, -0.15) is 0 Å². The van der Waals surface area contributed by atoms with Gasteiger partial charge in [-0.15, -0.1) is 0 Å². The van der Waals surface area contributed by atoms with Crippen LogP contribution in [0.4, 0.5) is 0 Å². The molecule has 1 amide bonds. The number of carbonyl (C=O) groups excluding carboxylic acids is 1. The molecule has 3 N–H and O–H groups in total. The number of benzene rings is 1. The minimum absolute atomic E-state index is 0.179. The van der Waals surface area contributed by atoms with Crippen LogP contribution in [0.3, 0.4) is 0 Å². The van der Waals surface area contributed by atoms with Crippen LogP contribution in [-0.4, -0.2) is 30.1 Å². The zero-order valence-electron chi connectivity index (χ0n) is 11.6. The SMILES string of the molecule is CCC1(C(=O)N[C@@H](C(=O)O)c2ccccc2)CCNC1. The fourth-order valence-electron chi connectivity index (χ4n) is 2.62. The molecule has 5 heteroatoms. The normalized spacial score (nSPS) is 23.2. The monoisotopic (exact) mass is 276 g/mol. The van der Waals surface area contributed by atoms with E-state index in [0.717, 1.165) is 13.0 Å². The Morgan fingerprint density at radius 2 is 2.10 bits per heavy atom. The van der Waals surface area contributed by atoms with Gasteiger partial charge in [-0.1, -0.05) is 37.3 Å². The maximum atomic E-state index is 12.5. The van der Waals surface area contributed by atoms with Crippen molar-refractivity contribution in [3.05, 3.63) is 35.9 Å². The van der Waals surface area contributed by atoms with E-state index < -0.39 is 17.4 Å². The molecule has 0 bridgehead atoms. The number of hydrogen-bond donors (Lipinski definition) is 3. The molecule has 1 aromatic rings. The van der Waals surface area contributed by atoms with Crippen LogP contribution in [0.25, 0.3) is 0 Å². The molecule has 1 heterocycles. The predicted octanol–water partition coefficient (Wildman–Crippen LogP) is 1.32. The van der Waals surface area contributed by atoms with E-state index >= 15 is 0 Å². The van der Waals surface area contributed by atoms with Crippen molar-refractivity contribution in [2.24, 2.45) is 5.41 Å². The second-order valence-electron chi connectivity index (χ2n) is 5.22. The lowest BCUT2D eigenvalue weighted by Gasteiger charge is -2.27. The summed E-state index contributed by atoms with van der Waals surface area (Å²) in [6.45, 7) is 3.37. The highest BCUT2D eigenvalue weighted by atomic mass is 16.4. The molecular weight excluding hydrogens is 256 g/mol. The van der Waals surface area contributed by atoms with Crippen molar-refractivity contribution in [1.82, 2.24) is 10.6 Å². The van der Waals surface area contributed by atoms with Crippen LogP contribution in [0.5, 0.6) is 0 Å². The summed E-state index contributed by atoms with van der Waals surface area (Å²) in [5.41, 5.74) is 0.105. The predicted molar refractivity (Wildman–Crippen MR) is 75.2 cm³/mol. The number of amides is 1. The Morgan fingerprint density at radius 3 is 2.60 bits per heavy atom. The second-order valence-corrected chi connectivity index (χ2v) is 5.22. The first-order valence-electron chi connectivity index (χ1n) is 6.88. The lowest BCUT2D eigenvalue weighted by molar-refractivity contribution is -0.144. The van der Waals surface area contributed by atoms with Gasteiger partial charge in [-0.05, 0) is 24.9 Å². The number of hydrogen-bond acceptors (Lipinski definition) is 3. The van der Waals surface area contributed by atoms with E-state index in [1.807, 2.05) is 13.0 Å². The van der Waals surface area contributed by atoms with Crippen LogP contribution in [0.15, 0.2) is 30.3 Å². The molecule has 1 aromatic carbocycles. The van der Waals surface area contributed by atoms with E-state index in [0.29, 0.717) is 18.5 Å². The van der Waals surface area contributed by atoms with Crippen LogP contribution in [0, 0.1) is 5.41 Å². The topological polar surface area (TPSA) is 78.4 Å². The lowest BCUT2D eigenvalue weighted by Crippen LogP contribution is -2.45. The summed E-state index contributed by atoms with van der Waals surface area (Å²) in [5, 5.41) is 15.2. The van der Waals surface area contributed by atoms with Crippen LogP contribution < -0.4 is 10.6 Å². The smallest absolute Gasteiger partial charge is 0.330 e. The van der Waals surface area contributed by atoms with E-state index in [1.54, 1.807) is 24.3 Å². The molecule has 1 unspecified atom stereocenters. The molecule has 0 saturated carbocycles. The third-order valence-corrected chi connectivity index (χ3v) is 4.06. The van der Waals surface area contributed by atoms with Gasteiger partial charge in [-0.25, -0.2) is 4.79 Å². The first-order chi connectivity index (χ1) is 9.59. The minimum atomic E-state index is -1.04. The van der Waals surface area contributed by atoms with Gasteiger partial charge in [0, 0.05) is 6.54 Å². The first-order valence-corrected chi connectivity index (χ1v) is 6.88. The maximum absolute atomic E-state index is 12.5. The fourth-order valence-corrected chi connectivity index (χ4v) is 2.62. The van der Waals surface area contributed by atoms with Crippen molar-refractivity contribution in [1.29, 1.82) is 0 Å². The number of rotatable bonds is 5. The Kier molecular flexibility index (Phi) is 4.39. The summed E-state index contributed by atoms with van der Waals surface area (Å²) >= 11 is 0. The van der Waals surface area contributed by atoms with Crippen molar-refractivity contribution in [2.45, 2.75) is 25.8 Å². The molecule has 2 atom stereocenters. The standard InChI is InChI=1S/C15H20N2O3/c1-2-15(8-9-16-10-15)14(20)17-12(13(18)19)11-6-4-3-5-7-11/h3-7,12,16H,2,8-10H2,1H3,(H,17,20)(H,18,19)/t12-,15?/m1/s1. The maximum Gasteiger partial charge on any atom is 0.330 e. The summed E-state index contributed by atoms with van der Waals surface area (Å²) in [4.78, 5) is 23.9. The highest BCUT2D eigenvalue weighted by molar-refractivity contribution is 5.88. The molecule has 1 aliphatic rings. The van der Waals surface area contributed by atoms with Gasteiger partial charge >= 0.3 is 5.97 Å². The highest BCUT2D eigenvalue weighted by Gasteiger charge is 2.41. The average Bonchev–Trinajstić information content (AvgIpc) is 2.95. The van der Waals surface area contributed by atoms with Gasteiger partial charge in [0.2, 0.25) is 5.91 Å². The summed E-state index contributed by atoms with van der Waals surface area (Å²) in [5.74, 6) is -1.22. The zero-order valence-corrected chi connectivity index (χ0v) is 11.6. The molecule has 1 aliphatic heterocycles. The number of carbonyl (C=O) groups is 2. The van der Waals surface area contributed by atoms with E-state index in [4.69, 9.17) is 0 Å². The van der Waals surface area contributed by atoms with Crippen molar-refractivity contribution in [2.75, 3.05) is 13.1 Å². The quantitative estimate of drug-likeness (QED) is 0.758. The second kappa shape index (κ2) is 6.05. The van der Waals surface area contributed by atoms with Crippen molar-refractivity contribution < 1.29 is 14.7 Å². The molecule has 108 valence electrons. The summed E-state index contributed by atoms with van der Waals surface area (Å²) in [6, 6.07) is 7.79. The van der Waals surface area contributed by atoms with Gasteiger partial charge in [0.15, 0.2) is 6.04 Å². The van der Waals surface area contributed by atoms with Crippen LogP contribution in [-0.2, 0) is 9.59 Å². The number of aliphatic carboxylic acids is 1. The summed E-state index contributed by atoms with van der Waals surface area (Å²) in [7, 11) is 0. The van der Waals surface area contributed by atoms with Gasteiger partial charge in [0.1, 0.15) is 0 Å². The molecule has 0 spiro atoms. The third-order valence-electron chi connectivity index (χ3n) is 4.06. The Bertz CT molecular complexity index is 481. The average molecular weight is 276 g/mol. The Balaban J connectivity index is 2.17. The first kappa shape index (κ1) is 14.5. The molecule has 0 aromatic heterocycles. The molecular formula is C15H20N2O3. The highest BCUT2D eigenvalue weighted by Crippen LogP contribution is 2.30. The number of carboxylic acids is 1. The Labute approximate surface area is 118 Å². The van der Waals surface area contributed by atoms with E-state index in [2.05, 4.69) is 10.6 Å². The molecule has 0 radical (unpaired) electrons. The van der Waals surface area contributed by atoms with E-state index in [1.165, 1.54) is 0 Å². The van der Waals surface area contributed by atoms with E-state index in [9.17, 15) is 14.7 Å². The Morgan fingerprint density at radius 1 is 1.40 bits per heavy atom. The zero-order chi connectivity index (χ0) is 14.6. The van der Waals surface area contributed by atoms with Gasteiger partial charge < -0.3 is 15.7 Å². The van der Waals surface area contributed by atoms with Gasteiger partial charge in [0.25, 0.3) is 0 Å². The van der Waals surface area contributed by atoms with Gasteiger partial charge in [0.05, 0.1) is 5.41 Å². The van der Waals surface area contributed by atoms with Crippen molar-refractivity contribution >= 4 is 11.9 Å². The van der Waals surface area contributed by atoms with Crippen molar-refractivity contribution in [3.8, 4) is 0 Å². The summed E-state index contributed by atoms with van der Waals surface area (Å²) < 4.78 is 0. The van der Waals surface area contributed by atoms with Crippen molar-refractivity contribution in [3.63, 3.8) is 0 Å². The Hall–Kier alpha value is -1.88. The van der Waals surface area contributed by atoms with E-state index in [-0.39, 0.29) is 5.91 Å². The molecule has 0 aliphatic carbocycles. The van der Waals surface area contributed by atoms with Crippen LogP contribution >= 0.6 is 0 Å². The fraction of sp³-hybridized carbons (Fsp3) is 0.467. The number of carboxylic acid groups (broad SMARTS) is 1. The third kappa shape index (κ3) is 2.82. The lowest BCUT2D eigenvalue weighted by atomic mass is 9.83. The molecule has 5 nitrogen and oxygen atoms in total. The molecule has 2 rings (SSSR count). The molecule has 1 fully saturated rings. The largest absolute Gasteiger partial charge is 0.479 e. The minimum Gasteiger partial charge on any atom is -0.479 e. The number of nitrogens with one attached hydrogen (secondary N) is 2.